The minimum Gasteiger partial charge on any atom is -0.324 e. The maximum Gasteiger partial charge on any atom is 0.142 e. The van der Waals surface area contributed by atoms with Crippen LogP contribution in [0.4, 0.5) is 0 Å². The van der Waals surface area contributed by atoms with Crippen molar-refractivity contribution in [3.63, 3.8) is 0 Å². The second-order valence-electron chi connectivity index (χ2n) is 5.24. The van der Waals surface area contributed by atoms with Gasteiger partial charge in [-0.2, -0.15) is 0 Å². The second-order valence-corrected chi connectivity index (χ2v) is 5.24. The second kappa shape index (κ2) is 5.49. The van der Waals surface area contributed by atoms with Crippen molar-refractivity contribution in [2.24, 2.45) is 5.73 Å². The number of aryl methyl sites for hydroxylation is 2. The molecule has 0 aliphatic carbocycles. The zero-order valence-corrected chi connectivity index (χ0v) is 12.1. The van der Waals surface area contributed by atoms with Crippen LogP contribution in [0.5, 0.6) is 0 Å². The Morgan fingerprint density at radius 1 is 1.11 bits per heavy atom. The first kappa shape index (κ1) is 13.7. The molecular weight excluding hydrogens is 234 g/mol. The lowest BCUT2D eigenvalue weighted by Gasteiger charge is -2.12. The molecule has 0 radical (unpaired) electrons. The summed E-state index contributed by atoms with van der Waals surface area (Å²) in [4.78, 5) is 8.88. The highest BCUT2D eigenvalue weighted by Crippen LogP contribution is 2.26. The molecule has 3 nitrogen and oxygen atoms in total. The molecule has 0 saturated carbocycles. The van der Waals surface area contributed by atoms with Crippen molar-refractivity contribution in [3.8, 4) is 11.3 Å². The van der Waals surface area contributed by atoms with E-state index < -0.39 is 0 Å². The summed E-state index contributed by atoms with van der Waals surface area (Å²) in [6.45, 7) is 8.86. The molecule has 0 saturated heterocycles. The van der Waals surface area contributed by atoms with E-state index in [4.69, 9.17) is 5.73 Å². The summed E-state index contributed by atoms with van der Waals surface area (Å²) in [5.74, 6) is 1.21. The summed E-state index contributed by atoms with van der Waals surface area (Å²) in [6.07, 6.45) is 0. The van der Waals surface area contributed by atoms with Crippen LogP contribution in [0.1, 0.15) is 42.4 Å². The van der Waals surface area contributed by atoms with Crippen molar-refractivity contribution >= 4 is 0 Å². The van der Waals surface area contributed by atoms with Gasteiger partial charge in [0.15, 0.2) is 0 Å². The normalized spacial score (nSPS) is 11.1. The first-order chi connectivity index (χ1) is 9.01. The molecule has 1 aromatic carbocycles. The maximum atomic E-state index is 5.66. The van der Waals surface area contributed by atoms with Gasteiger partial charge in [-0.05, 0) is 43.0 Å². The molecule has 2 aromatic rings. The Hall–Kier alpha value is -1.74. The molecule has 1 heterocycles. The predicted octanol–water partition coefficient (Wildman–Crippen LogP) is 3.34. The van der Waals surface area contributed by atoms with E-state index in [1.807, 2.05) is 13.0 Å². The average molecular weight is 255 g/mol. The highest BCUT2D eigenvalue weighted by atomic mass is 14.9. The number of nitrogens with zero attached hydrogens (tertiary/aromatic N) is 2. The molecule has 1 aromatic heterocycles. The van der Waals surface area contributed by atoms with E-state index in [1.54, 1.807) is 0 Å². The van der Waals surface area contributed by atoms with Crippen molar-refractivity contribution in [1.82, 2.24) is 9.97 Å². The molecule has 0 bridgehead atoms. The molecular formula is C16H21N3. The number of benzene rings is 1. The Kier molecular flexibility index (Phi) is 3.96. The van der Waals surface area contributed by atoms with Gasteiger partial charge in [0.25, 0.3) is 0 Å². The van der Waals surface area contributed by atoms with Gasteiger partial charge in [0.05, 0.1) is 12.2 Å². The summed E-state index contributed by atoms with van der Waals surface area (Å²) < 4.78 is 0. The van der Waals surface area contributed by atoms with E-state index in [-0.39, 0.29) is 0 Å². The third-order valence-electron chi connectivity index (χ3n) is 3.29. The van der Waals surface area contributed by atoms with Gasteiger partial charge in [0.2, 0.25) is 0 Å². The Morgan fingerprint density at radius 2 is 1.84 bits per heavy atom. The Bertz CT molecular complexity index is 589. The zero-order valence-electron chi connectivity index (χ0n) is 12.1. The number of hydrogen-bond donors (Lipinski definition) is 1. The van der Waals surface area contributed by atoms with Gasteiger partial charge >= 0.3 is 0 Å². The Balaban J connectivity index is 2.57. The maximum absolute atomic E-state index is 5.66. The first-order valence-corrected chi connectivity index (χ1v) is 6.66. The molecule has 0 aliphatic heterocycles. The van der Waals surface area contributed by atoms with Gasteiger partial charge in [-0.25, -0.2) is 9.97 Å². The lowest BCUT2D eigenvalue weighted by atomic mass is 9.96. The Labute approximate surface area is 114 Å². The van der Waals surface area contributed by atoms with Crippen LogP contribution in [0.2, 0.25) is 0 Å². The number of aromatic nitrogens is 2. The van der Waals surface area contributed by atoms with Crippen LogP contribution in [-0.2, 0) is 6.54 Å². The smallest absolute Gasteiger partial charge is 0.142 e. The molecule has 0 fully saturated rings. The number of rotatable bonds is 3. The highest BCUT2D eigenvalue weighted by molar-refractivity contribution is 5.64. The third-order valence-corrected chi connectivity index (χ3v) is 3.29. The van der Waals surface area contributed by atoms with Crippen LogP contribution in [0.3, 0.4) is 0 Å². The van der Waals surface area contributed by atoms with Crippen LogP contribution in [0.25, 0.3) is 11.3 Å². The highest BCUT2D eigenvalue weighted by Gasteiger charge is 2.09. The number of hydrogen-bond acceptors (Lipinski definition) is 3. The SMILES string of the molecule is Cc1cc(-c2cc(C(C)C)ccc2C)nc(CN)n1. The van der Waals surface area contributed by atoms with E-state index in [0.717, 1.165) is 11.4 Å². The molecule has 0 aliphatic rings. The van der Waals surface area contributed by atoms with Gasteiger partial charge in [-0.1, -0.05) is 26.0 Å². The fourth-order valence-electron chi connectivity index (χ4n) is 2.13. The predicted molar refractivity (Wildman–Crippen MR) is 78.9 cm³/mol. The summed E-state index contributed by atoms with van der Waals surface area (Å²) in [6, 6.07) is 8.58. The van der Waals surface area contributed by atoms with Crippen LogP contribution in [0.15, 0.2) is 24.3 Å². The molecule has 0 amide bonds. The zero-order chi connectivity index (χ0) is 14.0. The fourth-order valence-corrected chi connectivity index (χ4v) is 2.13. The van der Waals surface area contributed by atoms with Gasteiger partial charge in [0, 0.05) is 11.3 Å². The third kappa shape index (κ3) is 2.99. The van der Waals surface area contributed by atoms with E-state index in [1.165, 1.54) is 16.7 Å². The van der Waals surface area contributed by atoms with E-state index in [2.05, 4.69) is 48.9 Å². The van der Waals surface area contributed by atoms with Crippen molar-refractivity contribution in [2.45, 2.75) is 40.2 Å². The van der Waals surface area contributed by atoms with E-state index in [9.17, 15) is 0 Å². The molecule has 100 valence electrons. The van der Waals surface area contributed by atoms with Crippen molar-refractivity contribution < 1.29 is 0 Å². The summed E-state index contributed by atoms with van der Waals surface area (Å²) in [5.41, 5.74) is 11.3. The van der Waals surface area contributed by atoms with Gasteiger partial charge < -0.3 is 5.73 Å². The van der Waals surface area contributed by atoms with Crippen LogP contribution in [-0.4, -0.2) is 9.97 Å². The van der Waals surface area contributed by atoms with Crippen LogP contribution < -0.4 is 5.73 Å². The minimum absolute atomic E-state index is 0.373. The van der Waals surface area contributed by atoms with Crippen LogP contribution in [0, 0.1) is 13.8 Å². The Morgan fingerprint density at radius 3 is 2.47 bits per heavy atom. The molecule has 0 unspecified atom stereocenters. The number of nitrogens with two attached hydrogens (primary N) is 1. The summed E-state index contributed by atoms with van der Waals surface area (Å²) in [5, 5.41) is 0. The van der Waals surface area contributed by atoms with Crippen molar-refractivity contribution in [1.29, 1.82) is 0 Å². The lowest BCUT2D eigenvalue weighted by Crippen LogP contribution is -2.05. The van der Waals surface area contributed by atoms with Crippen molar-refractivity contribution in [2.75, 3.05) is 0 Å². The van der Waals surface area contributed by atoms with Gasteiger partial charge in [-0.15, -0.1) is 0 Å². The first-order valence-electron chi connectivity index (χ1n) is 6.66. The standard InChI is InChI=1S/C16H21N3/c1-10(2)13-6-5-11(3)14(8-13)15-7-12(4)18-16(9-17)19-15/h5-8,10H,9,17H2,1-4H3. The summed E-state index contributed by atoms with van der Waals surface area (Å²) >= 11 is 0. The summed E-state index contributed by atoms with van der Waals surface area (Å²) in [7, 11) is 0. The minimum atomic E-state index is 0.373. The van der Waals surface area contributed by atoms with Crippen molar-refractivity contribution in [3.05, 3.63) is 46.9 Å². The fraction of sp³-hybridized carbons (Fsp3) is 0.375. The van der Waals surface area contributed by atoms with Gasteiger partial charge in [-0.3, -0.25) is 0 Å². The molecule has 0 spiro atoms. The molecule has 3 heteroatoms. The van der Waals surface area contributed by atoms with E-state index in [0.29, 0.717) is 18.3 Å². The lowest BCUT2D eigenvalue weighted by molar-refractivity contribution is 0.865. The monoisotopic (exact) mass is 255 g/mol. The molecule has 19 heavy (non-hydrogen) atoms. The largest absolute Gasteiger partial charge is 0.324 e. The van der Waals surface area contributed by atoms with Crippen LogP contribution >= 0.6 is 0 Å². The molecule has 0 atom stereocenters. The topological polar surface area (TPSA) is 51.8 Å². The molecule has 2 rings (SSSR count). The van der Waals surface area contributed by atoms with E-state index >= 15 is 0 Å². The average Bonchev–Trinajstić information content (AvgIpc) is 2.38. The van der Waals surface area contributed by atoms with Gasteiger partial charge in [0.1, 0.15) is 5.82 Å². The molecule has 2 N–H and O–H groups in total. The quantitative estimate of drug-likeness (QED) is 0.915.